The van der Waals surface area contributed by atoms with E-state index in [2.05, 4.69) is 110 Å². The summed E-state index contributed by atoms with van der Waals surface area (Å²) in [7, 11) is 2.92. The largest absolute Gasteiger partial charge is 0.469 e. The number of hydrogen-bond donors (Lipinski definition) is 0. The number of amides is 4. The Bertz CT molecular complexity index is 5260. The van der Waals surface area contributed by atoms with E-state index in [4.69, 9.17) is 55.7 Å². The summed E-state index contributed by atoms with van der Waals surface area (Å²) in [5, 5.41) is 5.84. The maximum Gasteiger partial charge on any atom is 0.438 e. The first kappa shape index (κ1) is 120. The van der Waals surface area contributed by atoms with Crippen LogP contribution in [-0.2, 0) is 175 Å². The maximum absolute atomic E-state index is 12.4. The summed E-state index contributed by atoms with van der Waals surface area (Å²) in [4.78, 5) is 112. The second kappa shape index (κ2) is 67.9. The topological polar surface area (TPSA) is 347 Å². The van der Waals surface area contributed by atoms with Gasteiger partial charge in [0.1, 0.15) is 0 Å². The number of anilines is 4. The highest BCUT2D eigenvalue weighted by atomic mass is 127. The number of alkyl halides is 6. The number of benzene rings is 10. The molecule has 736 valence electrons. The van der Waals surface area contributed by atoms with Crippen LogP contribution in [0, 0.1) is 13.8 Å². The number of carbonyl (C=O) groups excluding carboxylic acids is 8. The van der Waals surface area contributed by atoms with E-state index in [1.165, 1.54) is 91.8 Å². The number of carbonyl (C=O) groups is 8. The summed E-state index contributed by atoms with van der Waals surface area (Å²) in [6.45, 7) is 11.9. The molecule has 0 heterocycles. The van der Waals surface area contributed by atoms with Gasteiger partial charge in [0.25, 0.3) is 20.2 Å². The quantitative estimate of drug-likeness (QED) is 0.00902. The average Bonchev–Trinajstić information content (AvgIpc) is 0.820. The minimum atomic E-state index is -3.93. The second-order valence-corrected chi connectivity index (χ2v) is 33.6. The Morgan fingerprint density at radius 2 is 0.515 bits per heavy atom. The summed E-state index contributed by atoms with van der Waals surface area (Å²) < 4.78 is 98.2. The van der Waals surface area contributed by atoms with Gasteiger partial charge < -0.3 is 37.9 Å². The third-order valence-corrected chi connectivity index (χ3v) is 24.2. The molecule has 0 aliphatic rings. The molecule has 0 saturated heterocycles. The van der Waals surface area contributed by atoms with Crippen molar-refractivity contribution >= 4 is 191 Å². The van der Waals surface area contributed by atoms with E-state index in [-0.39, 0.29) is 59.9 Å². The molecule has 136 heavy (non-hydrogen) atoms. The SMILES string of the molecule is CCON(C(=O)OC)c1ccccc1CBr.CCON(C(=O)OC)c1ccccc1CCl.CCON(C(=O)OC)c1ccccc1CI.CCON(C(=O)OC)c1ccccc1COS(=O)(=O)c1ccc(C)cc1.COC(=O)Cc1ccccc1CBr.COC(=O)Cc1ccccc1CCl.COC(=O)Cc1ccccc1CI.COC(=O)Cc1ccccc1COS(=O)(=O)c1ccc(C)cc1. The van der Waals surface area contributed by atoms with Crippen LogP contribution in [-0.4, -0.2) is 148 Å². The van der Waals surface area contributed by atoms with Crippen LogP contribution < -0.4 is 20.3 Å². The van der Waals surface area contributed by atoms with Crippen LogP contribution in [0.4, 0.5) is 41.9 Å². The maximum atomic E-state index is 12.4. The minimum absolute atomic E-state index is 0.0650. The number of aryl methyl sites for hydroxylation is 2. The number of halogens is 6. The lowest BCUT2D eigenvalue weighted by Crippen LogP contribution is -2.31. The minimum Gasteiger partial charge on any atom is -0.469 e. The molecule has 0 aliphatic carbocycles. The van der Waals surface area contributed by atoms with E-state index < -0.39 is 44.6 Å². The number of methoxy groups -OCH3 is 8. The molecule has 0 atom stereocenters. The predicted octanol–water partition coefficient (Wildman–Crippen LogP) is 22.0. The van der Waals surface area contributed by atoms with Gasteiger partial charge in [-0.25, -0.2) is 19.2 Å². The lowest BCUT2D eigenvalue weighted by Gasteiger charge is -2.22. The number of hydroxylamine groups is 4. The van der Waals surface area contributed by atoms with Crippen LogP contribution in [0.1, 0.15) is 106 Å². The zero-order chi connectivity index (χ0) is 101. The highest BCUT2D eigenvalue weighted by Crippen LogP contribution is 2.30. The van der Waals surface area contributed by atoms with Crippen LogP contribution in [0.3, 0.4) is 0 Å². The van der Waals surface area contributed by atoms with Crippen LogP contribution in [0.5, 0.6) is 0 Å². The highest BCUT2D eigenvalue weighted by Gasteiger charge is 2.26. The van der Waals surface area contributed by atoms with Gasteiger partial charge in [0.05, 0.1) is 155 Å². The number of hydrogen-bond acceptors (Lipinski definition) is 26. The molecule has 0 bridgehead atoms. The zero-order valence-electron chi connectivity index (χ0n) is 77.9. The summed E-state index contributed by atoms with van der Waals surface area (Å²) in [5.41, 5.74) is 15.2. The molecule has 0 fully saturated rings. The Balaban J connectivity index is 0.000000405. The van der Waals surface area contributed by atoms with Crippen molar-refractivity contribution in [3.05, 3.63) is 321 Å². The second-order valence-electron chi connectivity index (χ2n) is 27.2. The summed E-state index contributed by atoms with van der Waals surface area (Å²) in [5.74, 6) is -0.286. The Morgan fingerprint density at radius 1 is 0.287 bits per heavy atom. The van der Waals surface area contributed by atoms with Crippen molar-refractivity contribution in [2.45, 2.75) is 122 Å². The average molecular weight is 2310 g/mol. The standard InChI is InChI=1S/C18H21NO6S.C17H18O5S.C11H14BrNO3.C11H14ClNO3.C11H14INO3.C10H11BrO2.C10H11ClO2.C10H11IO2/c1-4-24-19(18(20)23-3)17-8-6-5-7-15(17)13-25-26(21,22)16-11-9-14(2)10-12-16;1-13-7-9-16(10-8-13)23(19,20)22-12-15-6-4-3-5-14(15)11-17(18)21-2;3*1-3-16-13(11(14)15-2)10-7-5-4-6-9(10)8-12;3*1-13-10(12)6-8-4-2-3-5-9(8)7-11/h5-12H,4,13H2,1-3H3;3-10H,11-12H2,1-2H3;3*4-7H,3,8H2,1-2H3;3*2-5H,6-7H2,1H3. The summed E-state index contributed by atoms with van der Waals surface area (Å²) in [6, 6.07) is 72.0. The van der Waals surface area contributed by atoms with Crippen molar-refractivity contribution in [3.8, 4) is 0 Å². The Labute approximate surface area is 850 Å². The van der Waals surface area contributed by atoms with Gasteiger partial charge in [0, 0.05) is 36.8 Å². The van der Waals surface area contributed by atoms with Gasteiger partial charge >= 0.3 is 48.3 Å². The normalized spacial score (nSPS) is 10.3. The van der Waals surface area contributed by atoms with Crippen LogP contribution in [0.2, 0.25) is 0 Å². The number of para-hydroxylation sites is 4. The first-order valence-electron chi connectivity index (χ1n) is 41.5. The van der Waals surface area contributed by atoms with E-state index in [1.807, 2.05) is 161 Å². The first-order valence-corrected chi connectivity index (χ1v) is 50.7. The lowest BCUT2D eigenvalue weighted by atomic mass is 10.1. The van der Waals surface area contributed by atoms with Crippen molar-refractivity contribution in [1.29, 1.82) is 0 Å². The molecular weight excluding hydrogens is 2200 g/mol. The molecule has 0 saturated carbocycles. The van der Waals surface area contributed by atoms with Crippen LogP contribution >= 0.6 is 100 Å². The number of esters is 4. The third-order valence-electron chi connectivity index (χ3n) is 18.2. The molecule has 30 nitrogen and oxygen atoms in total. The molecule has 0 spiro atoms. The van der Waals surface area contributed by atoms with E-state index in [0.29, 0.717) is 89.9 Å². The van der Waals surface area contributed by atoms with Gasteiger partial charge in [-0.1, -0.05) is 282 Å². The lowest BCUT2D eigenvalue weighted by molar-refractivity contribution is -0.140. The summed E-state index contributed by atoms with van der Waals surface area (Å²) >= 11 is 22.8. The van der Waals surface area contributed by atoms with E-state index >= 15 is 0 Å². The molecule has 10 aromatic carbocycles. The van der Waals surface area contributed by atoms with Gasteiger partial charge in [-0.2, -0.15) is 37.1 Å². The smallest absolute Gasteiger partial charge is 0.438 e. The highest BCUT2D eigenvalue weighted by molar-refractivity contribution is 14.1. The monoisotopic (exact) mass is 2310 g/mol. The van der Waals surface area contributed by atoms with Crippen molar-refractivity contribution < 1.29 is 121 Å². The molecule has 4 amide bonds. The van der Waals surface area contributed by atoms with Gasteiger partial charge in [0.2, 0.25) is 0 Å². The Hall–Kier alpha value is -10.2. The van der Waals surface area contributed by atoms with Crippen molar-refractivity contribution in [1.82, 2.24) is 0 Å². The Morgan fingerprint density at radius 3 is 0.816 bits per heavy atom. The van der Waals surface area contributed by atoms with Crippen LogP contribution in [0.25, 0.3) is 0 Å². The number of rotatable bonds is 34. The molecule has 0 N–H and O–H groups in total. The number of ether oxygens (including phenoxy) is 8. The molecule has 0 unspecified atom stereocenters. The molecule has 0 aliphatic heterocycles. The summed E-state index contributed by atoms with van der Waals surface area (Å²) in [6.07, 6.45) is -1.26. The molecule has 10 aromatic rings. The molecule has 0 radical (unpaired) electrons. The molecule has 38 heteroatoms. The third kappa shape index (κ3) is 42.4. The zero-order valence-corrected chi connectivity index (χ0v) is 88.5. The molecular formula is C98H114Br2Cl2I2N4O26S2. The van der Waals surface area contributed by atoms with Crippen molar-refractivity contribution in [2.75, 3.05) is 104 Å². The van der Waals surface area contributed by atoms with Crippen LogP contribution in [0.15, 0.2) is 252 Å². The fourth-order valence-electron chi connectivity index (χ4n) is 11.2. The molecule has 10 rings (SSSR count). The van der Waals surface area contributed by atoms with Gasteiger partial charge in [-0.15, -0.1) is 23.2 Å². The van der Waals surface area contributed by atoms with E-state index in [9.17, 15) is 55.2 Å². The first-order chi connectivity index (χ1) is 65.3. The van der Waals surface area contributed by atoms with Crippen molar-refractivity contribution in [3.63, 3.8) is 0 Å². The fraction of sp³-hybridized carbons (Fsp3) is 0.306. The Kier molecular flexibility index (Phi) is 59.9. The van der Waals surface area contributed by atoms with E-state index in [1.54, 1.807) is 98.8 Å². The van der Waals surface area contributed by atoms with Gasteiger partial charge in [-0.3, -0.25) is 46.9 Å². The molecule has 0 aromatic heterocycles. The van der Waals surface area contributed by atoms with Gasteiger partial charge in [0.15, 0.2) is 0 Å². The van der Waals surface area contributed by atoms with E-state index in [0.717, 1.165) is 90.7 Å². The number of nitrogens with zero attached hydrogens (tertiary/aromatic N) is 4. The fourth-order valence-corrected chi connectivity index (χ4v) is 15.9. The van der Waals surface area contributed by atoms with Gasteiger partial charge in [-0.05, 0) is 151 Å². The predicted molar refractivity (Wildman–Crippen MR) is 547 cm³/mol. The van der Waals surface area contributed by atoms with Crippen molar-refractivity contribution in [2.24, 2.45) is 0 Å².